The van der Waals surface area contributed by atoms with Crippen molar-refractivity contribution in [2.24, 2.45) is 17.3 Å². The van der Waals surface area contributed by atoms with Crippen LogP contribution in [0.5, 0.6) is 5.75 Å². The second-order valence-electron chi connectivity index (χ2n) is 9.81. The molecule has 0 unspecified atom stereocenters. The van der Waals surface area contributed by atoms with Gasteiger partial charge in [-0.2, -0.15) is 0 Å². The van der Waals surface area contributed by atoms with Gasteiger partial charge >= 0.3 is 0 Å². The lowest BCUT2D eigenvalue weighted by molar-refractivity contribution is -0.148. The van der Waals surface area contributed by atoms with E-state index in [-0.39, 0.29) is 17.4 Å². The van der Waals surface area contributed by atoms with Gasteiger partial charge in [0.15, 0.2) is 5.13 Å². The van der Waals surface area contributed by atoms with E-state index in [0.29, 0.717) is 17.0 Å². The molecule has 1 aromatic carbocycles. The summed E-state index contributed by atoms with van der Waals surface area (Å²) in [7, 11) is 1.65. The number of hydrogen-bond acceptors (Lipinski definition) is 5. The molecule has 1 heterocycles. The van der Waals surface area contributed by atoms with Crippen LogP contribution in [0, 0.1) is 24.2 Å². The SMILES string of the molecule is COc1ccc(-c2nc(NC(=O)C34C[C@H]5C[C@@H](CC(NC(C)=O)(C5)C3)C4)sc2C)cc1. The first kappa shape index (κ1) is 20.5. The van der Waals surface area contributed by atoms with Crippen LogP contribution in [0.4, 0.5) is 5.13 Å². The number of methoxy groups -OCH3 is 1. The van der Waals surface area contributed by atoms with Gasteiger partial charge in [-0.25, -0.2) is 4.98 Å². The molecule has 164 valence electrons. The second-order valence-corrected chi connectivity index (χ2v) is 11.0. The van der Waals surface area contributed by atoms with Crippen molar-refractivity contribution in [2.75, 3.05) is 12.4 Å². The zero-order valence-electron chi connectivity index (χ0n) is 18.3. The van der Waals surface area contributed by atoms with Gasteiger partial charge in [-0.3, -0.25) is 9.59 Å². The third kappa shape index (κ3) is 3.63. The van der Waals surface area contributed by atoms with Crippen molar-refractivity contribution in [3.8, 4) is 17.0 Å². The number of aromatic nitrogens is 1. The van der Waals surface area contributed by atoms with Gasteiger partial charge in [-0.05, 0) is 81.5 Å². The third-order valence-electron chi connectivity index (χ3n) is 7.36. The molecule has 6 rings (SSSR count). The molecule has 7 heteroatoms. The Morgan fingerprint density at radius 1 is 1.13 bits per heavy atom. The molecule has 4 aliphatic carbocycles. The highest BCUT2D eigenvalue weighted by Gasteiger charge is 2.61. The first-order chi connectivity index (χ1) is 14.8. The lowest BCUT2D eigenvalue weighted by atomic mass is 9.46. The fraction of sp³-hybridized carbons (Fsp3) is 0.542. The maximum absolute atomic E-state index is 13.6. The molecular weight excluding hydrogens is 410 g/mol. The van der Waals surface area contributed by atoms with Gasteiger partial charge < -0.3 is 15.4 Å². The summed E-state index contributed by atoms with van der Waals surface area (Å²) in [5.74, 6) is 1.93. The third-order valence-corrected chi connectivity index (χ3v) is 8.25. The molecule has 0 aliphatic heterocycles. The normalized spacial score (nSPS) is 30.8. The number of hydrogen-bond donors (Lipinski definition) is 2. The average Bonchev–Trinajstić information content (AvgIpc) is 3.06. The predicted octanol–water partition coefficient (Wildman–Crippen LogP) is 4.54. The highest BCUT2D eigenvalue weighted by atomic mass is 32.1. The second kappa shape index (κ2) is 7.33. The molecule has 4 fully saturated rings. The Morgan fingerprint density at radius 2 is 1.81 bits per heavy atom. The topological polar surface area (TPSA) is 80.3 Å². The van der Waals surface area contributed by atoms with Gasteiger partial charge in [0, 0.05) is 22.9 Å². The van der Waals surface area contributed by atoms with E-state index in [0.717, 1.165) is 54.0 Å². The number of amides is 2. The van der Waals surface area contributed by atoms with Crippen molar-refractivity contribution in [3.05, 3.63) is 29.1 Å². The number of aryl methyl sites for hydroxylation is 1. The molecule has 4 bridgehead atoms. The average molecular weight is 440 g/mol. The standard InChI is InChI=1S/C24H29N3O3S/c1-14-20(18-4-6-19(30-3)7-5-18)25-22(31-14)26-21(29)23-9-16-8-17(10-23)12-24(11-16,13-23)27-15(2)28/h4-7,16-17H,8-13H2,1-3H3,(H,27,28)(H,25,26,29)/t16-,17-,23?,24?/m1/s1. The lowest BCUT2D eigenvalue weighted by Crippen LogP contribution is -2.65. The summed E-state index contributed by atoms with van der Waals surface area (Å²) in [5.41, 5.74) is 1.30. The molecule has 0 radical (unpaired) electrons. The summed E-state index contributed by atoms with van der Waals surface area (Å²) in [4.78, 5) is 31.3. The Bertz CT molecular complexity index is 1020. The van der Waals surface area contributed by atoms with E-state index in [1.807, 2.05) is 31.2 Å². The van der Waals surface area contributed by atoms with Crippen molar-refractivity contribution in [1.29, 1.82) is 0 Å². The molecule has 0 saturated heterocycles. The number of nitrogens with one attached hydrogen (secondary N) is 2. The largest absolute Gasteiger partial charge is 0.497 e. The summed E-state index contributed by atoms with van der Waals surface area (Å²) in [6, 6.07) is 7.82. The van der Waals surface area contributed by atoms with Crippen LogP contribution in [0.15, 0.2) is 24.3 Å². The Balaban J connectivity index is 1.37. The molecule has 31 heavy (non-hydrogen) atoms. The van der Waals surface area contributed by atoms with Crippen molar-refractivity contribution in [3.63, 3.8) is 0 Å². The summed E-state index contributed by atoms with van der Waals surface area (Å²) >= 11 is 1.52. The highest BCUT2D eigenvalue weighted by Crippen LogP contribution is 2.62. The zero-order chi connectivity index (χ0) is 21.8. The van der Waals surface area contributed by atoms with Gasteiger partial charge in [0.05, 0.1) is 18.2 Å². The van der Waals surface area contributed by atoms with Crippen molar-refractivity contribution in [2.45, 2.75) is 57.9 Å². The summed E-state index contributed by atoms with van der Waals surface area (Å²) in [6.45, 7) is 3.62. The van der Waals surface area contributed by atoms with Crippen LogP contribution in [0.1, 0.15) is 50.3 Å². The Labute approximate surface area is 186 Å². The number of anilines is 1. The highest BCUT2D eigenvalue weighted by molar-refractivity contribution is 7.16. The monoisotopic (exact) mass is 439 g/mol. The van der Waals surface area contributed by atoms with E-state index in [1.54, 1.807) is 14.0 Å². The first-order valence-electron chi connectivity index (χ1n) is 11.0. The van der Waals surface area contributed by atoms with E-state index in [4.69, 9.17) is 9.72 Å². The zero-order valence-corrected chi connectivity index (χ0v) is 19.1. The van der Waals surface area contributed by atoms with Gasteiger partial charge in [-0.15, -0.1) is 11.3 Å². The van der Waals surface area contributed by atoms with Gasteiger partial charge in [0.25, 0.3) is 0 Å². The molecule has 2 amide bonds. The molecule has 0 spiro atoms. The van der Waals surface area contributed by atoms with Crippen molar-refractivity contribution >= 4 is 28.3 Å². The minimum absolute atomic E-state index is 0.0113. The maximum atomic E-state index is 13.6. The first-order valence-corrected chi connectivity index (χ1v) is 11.8. The number of rotatable bonds is 5. The molecule has 2 N–H and O–H groups in total. The van der Waals surface area contributed by atoms with Gasteiger partial charge in [0.1, 0.15) is 5.75 Å². The summed E-state index contributed by atoms with van der Waals surface area (Å²) < 4.78 is 5.24. The van der Waals surface area contributed by atoms with Crippen LogP contribution >= 0.6 is 11.3 Å². The number of carbonyl (C=O) groups is 2. The lowest BCUT2D eigenvalue weighted by Gasteiger charge is -2.61. The van der Waals surface area contributed by atoms with Crippen LogP contribution in [0.25, 0.3) is 11.3 Å². The fourth-order valence-corrected chi connectivity index (χ4v) is 7.58. The minimum Gasteiger partial charge on any atom is -0.497 e. The van der Waals surface area contributed by atoms with E-state index >= 15 is 0 Å². The van der Waals surface area contributed by atoms with Crippen LogP contribution in [0.3, 0.4) is 0 Å². The molecule has 4 aliphatic rings. The van der Waals surface area contributed by atoms with Crippen molar-refractivity contribution < 1.29 is 14.3 Å². The van der Waals surface area contributed by atoms with Gasteiger partial charge in [-0.1, -0.05) is 0 Å². The van der Waals surface area contributed by atoms with Crippen molar-refractivity contribution in [1.82, 2.24) is 10.3 Å². The summed E-state index contributed by atoms with van der Waals surface area (Å²) in [5, 5.41) is 7.04. The number of thiazole rings is 1. The molecule has 2 atom stereocenters. The predicted molar refractivity (Wildman–Crippen MR) is 121 cm³/mol. The maximum Gasteiger partial charge on any atom is 0.232 e. The molecule has 4 saturated carbocycles. The Hall–Kier alpha value is -2.41. The minimum atomic E-state index is -0.396. The Kier molecular flexibility index (Phi) is 4.84. The number of nitrogens with zero attached hydrogens (tertiary/aromatic N) is 1. The van der Waals surface area contributed by atoms with E-state index in [2.05, 4.69) is 10.6 Å². The van der Waals surface area contributed by atoms with Crippen LogP contribution in [0.2, 0.25) is 0 Å². The van der Waals surface area contributed by atoms with E-state index in [9.17, 15) is 9.59 Å². The Morgan fingerprint density at radius 3 is 2.42 bits per heavy atom. The number of benzene rings is 1. The van der Waals surface area contributed by atoms with Crippen LogP contribution in [-0.4, -0.2) is 29.4 Å². The molecule has 2 aromatic rings. The van der Waals surface area contributed by atoms with Crippen LogP contribution < -0.4 is 15.4 Å². The van der Waals surface area contributed by atoms with E-state index < -0.39 is 5.41 Å². The number of ether oxygens (including phenoxy) is 1. The van der Waals surface area contributed by atoms with Crippen LogP contribution in [-0.2, 0) is 9.59 Å². The molecule has 1 aromatic heterocycles. The quantitative estimate of drug-likeness (QED) is 0.717. The smallest absolute Gasteiger partial charge is 0.232 e. The van der Waals surface area contributed by atoms with E-state index in [1.165, 1.54) is 17.8 Å². The molecule has 6 nitrogen and oxygen atoms in total. The number of carbonyl (C=O) groups excluding carboxylic acids is 2. The van der Waals surface area contributed by atoms with Gasteiger partial charge in [0.2, 0.25) is 11.8 Å². The summed E-state index contributed by atoms with van der Waals surface area (Å²) in [6.07, 6.45) is 5.80. The fourth-order valence-electron chi connectivity index (χ4n) is 6.74. The molecular formula is C24H29N3O3S.